The molecule has 0 unspecified atom stereocenters. The van der Waals surface area contributed by atoms with E-state index in [4.69, 9.17) is 4.74 Å². The summed E-state index contributed by atoms with van der Waals surface area (Å²) in [6.45, 7) is 4.95. The van der Waals surface area contributed by atoms with Crippen LogP contribution in [0.4, 0.5) is 18.0 Å². The molecule has 3 amide bonds. The summed E-state index contributed by atoms with van der Waals surface area (Å²) < 4.78 is 45.3. The van der Waals surface area contributed by atoms with Crippen molar-refractivity contribution in [2.24, 2.45) is 5.92 Å². The first kappa shape index (κ1) is 33.9. The van der Waals surface area contributed by atoms with Crippen LogP contribution in [0.15, 0.2) is 36.4 Å². The van der Waals surface area contributed by atoms with Gasteiger partial charge in [0.2, 0.25) is 17.6 Å². The second-order valence-electron chi connectivity index (χ2n) is 13.2. The number of halogens is 3. The molecular weight excluding hydrogens is 623 g/mol. The lowest BCUT2D eigenvalue weighted by molar-refractivity contribution is -0.145. The number of amides is 3. The fourth-order valence-corrected chi connectivity index (χ4v) is 6.03. The van der Waals surface area contributed by atoms with Gasteiger partial charge in [-0.3, -0.25) is 9.59 Å². The van der Waals surface area contributed by atoms with E-state index in [9.17, 15) is 37.5 Å². The van der Waals surface area contributed by atoms with E-state index in [1.807, 2.05) is 6.08 Å². The number of fused-ring (bicyclic) bond motifs is 2. The first-order chi connectivity index (χ1) is 22.1. The number of hydrogen-bond donors (Lipinski definition) is 3. The number of carboxylic acids is 1. The van der Waals surface area contributed by atoms with Crippen LogP contribution in [0.2, 0.25) is 0 Å². The van der Waals surface area contributed by atoms with Crippen LogP contribution >= 0.6 is 0 Å². The van der Waals surface area contributed by atoms with Crippen LogP contribution in [-0.4, -0.2) is 83.9 Å². The second-order valence-corrected chi connectivity index (χ2v) is 13.2. The van der Waals surface area contributed by atoms with Crippen molar-refractivity contribution in [3.8, 4) is 11.4 Å². The molecule has 2 aliphatic heterocycles. The summed E-state index contributed by atoms with van der Waals surface area (Å²) in [7, 11) is 0. The van der Waals surface area contributed by atoms with Crippen LogP contribution in [-0.2, 0) is 25.3 Å². The van der Waals surface area contributed by atoms with E-state index in [2.05, 4.69) is 26.0 Å². The third-order valence-corrected chi connectivity index (χ3v) is 8.53. The Morgan fingerprint density at radius 3 is 2.62 bits per heavy atom. The molecule has 1 aromatic heterocycles. The van der Waals surface area contributed by atoms with Crippen molar-refractivity contribution in [1.82, 2.24) is 35.7 Å². The van der Waals surface area contributed by atoms with Gasteiger partial charge in [-0.05, 0) is 63.8 Å². The van der Waals surface area contributed by atoms with Crippen molar-refractivity contribution in [2.75, 3.05) is 6.54 Å². The smallest absolute Gasteiger partial charge is 0.416 e. The molecule has 0 spiro atoms. The standard InChI is InChI=1S/C31H38F3N7O6/c1-29(2,3)47-28(46)35-22-13-8-6-4-5-7-11-20-16-30(20,27(44)45)36-25(42)23-15-21(17-40(23)26(22)43)41-38-24(37-39-41)18-10-9-12-19(14-18)31(32,33)34/h7,9-12,14,20-23H,4-6,8,13,15-17H2,1-3H3,(H,35,46)(H,36,42)(H,44,45)/b11-7-/t20-,21-,22+,23+,30-/m1/s1. The summed E-state index contributed by atoms with van der Waals surface area (Å²) in [6, 6.07) is 1.51. The summed E-state index contributed by atoms with van der Waals surface area (Å²) in [5.74, 6) is -2.95. The Morgan fingerprint density at radius 2 is 1.91 bits per heavy atom. The summed E-state index contributed by atoms with van der Waals surface area (Å²) in [4.78, 5) is 55.4. The molecule has 0 bridgehead atoms. The van der Waals surface area contributed by atoms with E-state index >= 15 is 0 Å². The number of allylic oxidation sites excluding steroid dienone is 1. The number of carbonyl (C=O) groups excluding carboxylic acids is 3. The molecule has 3 N–H and O–H groups in total. The highest BCUT2D eigenvalue weighted by Gasteiger charge is 2.61. The Bertz CT molecular complexity index is 1550. The van der Waals surface area contributed by atoms with Crippen molar-refractivity contribution in [3.63, 3.8) is 0 Å². The number of nitrogens with one attached hydrogen (secondary N) is 2. The zero-order valence-corrected chi connectivity index (χ0v) is 26.3. The maximum atomic E-state index is 14.1. The molecular formula is C31H38F3N7O6. The van der Waals surface area contributed by atoms with Crippen molar-refractivity contribution in [2.45, 2.75) is 101 Å². The molecule has 3 aliphatic rings. The molecule has 1 saturated heterocycles. The molecule has 0 radical (unpaired) electrons. The lowest BCUT2D eigenvalue weighted by Gasteiger charge is -2.30. The van der Waals surface area contributed by atoms with Gasteiger partial charge in [-0.2, -0.15) is 18.0 Å². The van der Waals surface area contributed by atoms with Gasteiger partial charge in [-0.15, -0.1) is 10.2 Å². The molecule has 1 saturated carbocycles. The molecule has 2 aromatic rings. The Morgan fingerprint density at radius 1 is 1.15 bits per heavy atom. The molecule has 3 heterocycles. The number of tetrazole rings is 1. The molecule has 13 nitrogen and oxygen atoms in total. The molecule has 254 valence electrons. The number of alkyl carbamates (subject to hydrolysis) is 1. The number of hydrogen-bond acceptors (Lipinski definition) is 8. The zero-order chi connectivity index (χ0) is 34.1. The number of carboxylic acid groups (broad SMARTS) is 1. The minimum atomic E-state index is -4.58. The Kier molecular flexibility index (Phi) is 9.33. The van der Waals surface area contributed by atoms with E-state index in [1.165, 1.54) is 17.0 Å². The SMILES string of the molecule is CC(C)(C)OC(=O)N[C@H]1CCCCC/C=C\[C@@H]2C[C@@]2(C(=O)O)NC(=O)[C@@H]2C[C@@H](n3nnc(-c4cccc(C(F)(F)F)c4)n3)CN2C1=O. The molecule has 1 aromatic carbocycles. The third kappa shape index (κ3) is 7.73. The van der Waals surface area contributed by atoms with Gasteiger partial charge in [0.05, 0.1) is 11.6 Å². The van der Waals surface area contributed by atoms with E-state index < -0.39 is 70.8 Å². The number of aromatic nitrogens is 4. The predicted molar refractivity (Wildman–Crippen MR) is 159 cm³/mol. The maximum absolute atomic E-state index is 14.1. The number of rotatable bonds is 4. The first-order valence-electron chi connectivity index (χ1n) is 15.6. The van der Waals surface area contributed by atoms with Crippen molar-refractivity contribution in [3.05, 3.63) is 42.0 Å². The van der Waals surface area contributed by atoms with Crippen molar-refractivity contribution in [1.29, 1.82) is 0 Å². The highest BCUT2D eigenvalue weighted by molar-refractivity contribution is 5.96. The number of benzene rings is 1. The Hall–Kier alpha value is -4.50. The molecule has 47 heavy (non-hydrogen) atoms. The van der Waals surface area contributed by atoms with E-state index in [0.717, 1.165) is 29.8 Å². The van der Waals surface area contributed by atoms with Gasteiger partial charge in [0.25, 0.3) is 0 Å². The quantitative estimate of drug-likeness (QED) is 0.412. The van der Waals surface area contributed by atoms with Crippen molar-refractivity contribution < 1.29 is 42.2 Å². The van der Waals surface area contributed by atoms with Gasteiger partial charge < -0.3 is 25.4 Å². The fourth-order valence-electron chi connectivity index (χ4n) is 6.03. The van der Waals surface area contributed by atoms with Gasteiger partial charge in [-0.25, -0.2) is 9.59 Å². The van der Waals surface area contributed by atoms with E-state index in [1.54, 1.807) is 26.8 Å². The van der Waals surface area contributed by atoms with Gasteiger partial charge in [0, 0.05) is 24.4 Å². The second kappa shape index (κ2) is 13.0. The first-order valence-corrected chi connectivity index (χ1v) is 15.6. The van der Waals surface area contributed by atoms with Crippen LogP contribution in [0, 0.1) is 5.92 Å². The number of carbonyl (C=O) groups is 4. The summed E-state index contributed by atoms with van der Waals surface area (Å²) in [6.07, 6.45) is 1.55. The van der Waals surface area contributed by atoms with Gasteiger partial charge >= 0.3 is 18.2 Å². The number of aliphatic carboxylic acids is 1. The van der Waals surface area contributed by atoms with Crippen LogP contribution in [0.1, 0.15) is 77.3 Å². The Labute approximate surface area is 268 Å². The summed E-state index contributed by atoms with van der Waals surface area (Å²) in [5.41, 5.74) is -3.16. The highest BCUT2D eigenvalue weighted by atomic mass is 19.4. The average molecular weight is 662 g/mol. The highest BCUT2D eigenvalue weighted by Crippen LogP contribution is 2.45. The van der Waals surface area contributed by atoms with Gasteiger partial charge in [-0.1, -0.05) is 37.1 Å². The van der Waals surface area contributed by atoms with Gasteiger partial charge in [0.1, 0.15) is 23.2 Å². The van der Waals surface area contributed by atoms with Crippen LogP contribution in [0.3, 0.4) is 0 Å². The maximum Gasteiger partial charge on any atom is 0.416 e. The zero-order valence-electron chi connectivity index (χ0n) is 26.3. The largest absolute Gasteiger partial charge is 0.479 e. The molecule has 2 fully saturated rings. The van der Waals surface area contributed by atoms with Crippen LogP contribution < -0.4 is 10.6 Å². The molecule has 5 rings (SSSR count). The van der Waals surface area contributed by atoms with E-state index in [-0.39, 0.29) is 37.2 Å². The topological polar surface area (TPSA) is 169 Å². The fraction of sp³-hybridized carbons (Fsp3) is 0.581. The summed E-state index contributed by atoms with van der Waals surface area (Å²) >= 11 is 0. The van der Waals surface area contributed by atoms with E-state index in [0.29, 0.717) is 12.8 Å². The van der Waals surface area contributed by atoms with Crippen molar-refractivity contribution >= 4 is 23.9 Å². The van der Waals surface area contributed by atoms with Gasteiger partial charge in [0.15, 0.2) is 0 Å². The van der Waals surface area contributed by atoms with Crippen LogP contribution in [0.25, 0.3) is 11.4 Å². The predicted octanol–water partition coefficient (Wildman–Crippen LogP) is 3.87. The Balaban J connectivity index is 1.45. The molecule has 16 heteroatoms. The number of alkyl halides is 3. The third-order valence-electron chi connectivity index (χ3n) is 8.53. The average Bonchev–Trinajstić information content (AvgIpc) is 3.31. The molecule has 1 aliphatic carbocycles. The van der Waals surface area contributed by atoms with Crippen LogP contribution in [0.5, 0.6) is 0 Å². The lowest BCUT2D eigenvalue weighted by Crippen LogP contribution is -2.56. The number of nitrogens with zero attached hydrogens (tertiary/aromatic N) is 5. The summed E-state index contributed by atoms with van der Waals surface area (Å²) in [5, 5.41) is 27.6. The molecule has 5 atom stereocenters. The normalized spacial score (nSPS) is 27.8. The minimum Gasteiger partial charge on any atom is -0.479 e. The lowest BCUT2D eigenvalue weighted by atomic mass is 10.0. The number of ether oxygens (including phenoxy) is 1. The monoisotopic (exact) mass is 661 g/mol. The minimum absolute atomic E-state index is 0.0364.